The zero-order valence-corrected chi connectivity index (χ0v) is 13.7. The monoisotopic (exact) mass is 289 g/mol. The van der Waals surface area contributed by atoms with Gasteiger partial charge in [-0.1, -0.05) is 56.0 Å². The first-order valence-electron chi connectivity index (χ1n) is 8.68. The number of ether oxygens (including phenoxy) is 1. The minimum atomic E-state index is 0.194. The first-order valence-corrected chi connectivity index (χ1v) is 8.68. The van der Waals surface area contributed by atoms with Gasteiger partial charge in [-0.3, -0.25) is 0 Å². The lowest BCUT2D eigenvalue weighted by molar-refractivity contribution is 0.0200. The molecule has 0 spiro atoms. The van der Waals surface area contributed by atoms with E-state index in [1.807, 2.05) is 0 Å². The second-order valence-electron chi connectivity index (χ2n) is 6.44. The van der Waals surface area contributed by atoms with Crippen molar-refractivity contribution in [3.63, 3.8) is 0 Å². The van der Waals surface area contributed by atoms with E-state index in [0.717, 1.165) is 25.6 Å². The van der Waals surface area contributed by atoms with E-state index in [0.29, 0.717) is 0 Å². The molecule has 1 N–H and O–H groups in total. The molecule has 1 saturated carbocycles. The molecule has 0 heterocycles. The molecule has 2 nitrogen and oxygen atoms in total. The van der Waals surface area contributed by atoms with Crippen LogP contribution in [0.4, 0.5) is 0 Å². The number of hydrogen-bond acceptors (Lipinski definition) is 2. The normalized spacial score (nSPS) is 17.8. The lowest BCUT2D eigenvalue weighted by Gasteiger charge is -2.25. The molecule has 1 atom stereocenters. The van der Waals surface area contributed by atoms with Crippen molar-refractivity contribution in [2.75, 3.05) is 19.7 Å². The van der Waals surface area contributed by atoms with E-state index in [1.165, 1.54) is 49.7 Å². The highest BCUT2D eigenvalue weighted by atomic mass is 16.5. The Hall–Kier alpha value is -0.860. The predicted octanol–water partition coefficient (Wildman–Crippen LogP) is 4.63. The summed E-state index contributed by atoms with van der Waals surface area (Å²) in [6, 6.07) is 8.81. The molecule has 1 unspecified atom stereocenters. The summed E-state index contributed by atoms with van der Waals surface area (Å²) in [6.07, 6.45) is 8.25. The van der Waals surface area contributed by atoms with Crippen LogP contribution in [0.25, 0.3) is 0 Å². The van der Waals surface area contributed by atoms with Crippen LogP contribution < -0.4 is 5.32 Å². The second kappa shape index (κ2) is 9.22. The van der Waals surface area contributed by atoms with Gasteiger partial charge in [-0.05, 0) is 44.2 Å². The van der Waals surface area contributed by atoms with Gasteiger partial charge in [0, 0.05) is 6.54 Å². The average molecular weight is 289 g/mol. The molecule has 0 radical (unpaired) electrons. The average Bonchev–Trinajstić information content (AvgIpc) is 2.53. The Kier molecular flexibility index (Phi) is 7.25. The molecule has 1 fully saturated rings. The van der Waals surface area contributed by atoms with E-state index in [9.17, 15) is 0 Å². The van der Waals surface area contributed by atoms with Crippen LogP contribution in [-0.4, -0.2) is 19.7 Å². The maximum absolute atomic E-state index is 6.29. The fraction of sp³-hybridized carbons (Fsp3) is 0.684. The van der Waals surface area contributed by atoms with Crippen molar-refractivity contribution in [2.24, 2.45) is 5.92 Å². The van der Waals surface area contributed by atoms with E-state index in [-0.39, 0.29) is 6.10 Å². The summed E-state index contributed by atoms with van der Waals surface area (Å²) < 4.78 is 6.29. The molecular formula is C19H31NO. The molecule has 1 aliphatic rings. The molecule has 1 aromatic rings. The smallest absolute Gasteiger partial charge is 0.0949 e. The number of rotatable bonds is 8. The summed E-state index contributed by atoms with van der Waals surface area (Å²) in [5, 5.41) is 3.51. The van der Waals surface area contributed by atoms with Crippen molar-refractivity contribution in [1.82, 2.24) is 5.32 Å². The van der Waals surface area contributed by atoms with Crippen LogP contribution in [-0.2, 0) is 4.74 Å². The van der Waals surface area contributed by atoms with Gasteiger partial charge in [-0.25, -0.2) is 0 Å². The molecule has 1 aliphatic carbocycles. The van der Waals surface area contributed by atoms with Crippen LogP contribution in [0.15, 0.2) is 24.3 Å². The molecule has 21 heavy (non-hydrogen) atoms. The van der Waals surface area contributed by atoms with Gasteiger partial charge in [-0.2, -0.15) is 0 Å². The van der Waals surface area contributed by atoms with Gasteiger partial charge in [0.15, 0.2) is 0 Å². The molecule has 0 aromatic heterocycles. The van der Waals surface area contributed by atoms with E-state index < -0.39 is 0 Å². The van der Waals surface area contributed by atoms with Crippen molar-refractivity contribution in [3.8, 4) is 0 Å². The van der Waals surface area contributed by atoms with Crippen molar-refractivity contribution in [1.29, 1.82) is 0 Å². The fourth-order valence-electron chi connectivity index (χ4n) is 3.07. The Morgan fingerprint density at radius 3 is 2.52 bits per heavy atom. The molecule has 0 saturated heterocycles. The quantitative estimate of drug-likeness (QED) is 0.704. The number of hydrogen-bond donors (Lipinski definition) is 1. The maximum atomic E-state index is 6.29. The lowest BCUT2D eigenvalue weighted by atomic mass is 9.90. The molecule has 0 bridgehead atoms. The van der Waals surface area contributed by atoms with Gasteiger partial charge < -0.3 is 10.1 Å². The van der Waals surface area contributed by atoms with E-state index in [4.69, 9.17) is 4.74 Å². The van der Waals surface area contributed by atoms with Gasteiger partial charge in [0.2, 0.25) is 0 Å². The largest absolute Gasteiger partial charge is 0.372 e. The topological polar surface area (TPSA) is 21.3 Å². The first kappa shape index (κ1) is 16.5. The lowest BCUT2D eigenvalue weighted by Crippen LogP contribution is -2.26. The van der Waals surface area contributed by atoms with Crippen molar-refractivity contribution >= 4 is 0 Å². The summed E-state index contributed by atoms with van der Waals surface area (Å²) in [6.45, 7) is 7.25. The van der Waals surface area contributed by atoms with Gasteiger partial charge >= 0.3 is 0 Å². The molecule has 0 amide bonds. The Morgan fingerprint density at radius 2 is 1.86 bits per heavy atom. The van der Waals surface area contributed by atoms with Gasteiger partial charge in [0.05, 0.1) is 12.7 Å². The fourth-order valence-corrected chi connectivity index (χ4v) is 3.07. The first-order chi connectivity index (χ1) is 10.3. The van der Waals surface area contributed by atoms with E-state index in [1.54, 1.807) is 0 Å². The van der Waals surface area contributed by atoms with E-state index >= 15 is 0 Å². The minimum absolute atomic E-state index is 0.194. The van der Waals surface area contributed by atoms with E-state index in [2.05, 4.69) is 43.4 Å². The van der Waals surface area contributed by atoms with Crippen LogP contribution in [0, 0.1) is 12.8 Å². The van der Waals surface area contributed by atoms with Crippen LogP contribution in [0.3, 0.4) is 0 Å². The number of benzene rings is 1. The standard InChI is InChI=1S/C19H31NO/c1-3-13-20-14-19(18-11-9-16(2)10-12-18)21-15-17-7-5-4-6-8-17/h9-12,17,19-20H,3-8,13-15H2,1-2H3. The number of aryl methyl sites for hydroxylation is 1. The summed E-state index contributed by atoms with van der Waals surface area (Å²) >= 11 is 0. The summed E-state index contributed by atoms with van der Waals surface area (Å²) in [5.74, 6) is 0.776. The third kappa shape index (κ3) is 5.80. The predicted molar refractivity (Wildman–Crippen MR) is 89.6 cm³/mol. The highest BCUT2D eigenvalue weighted by molar-refractivity contribution is 5.23. The Balaban J connectivity index is 1.89. The van der Waals surface area contributed by atoms with Crippen LogP contribution in [0.5, 0.6) is 0 Å². The van der Waals surface area contributed by atoms with Crippen molar-refractivity contribution < 1.29 is 4.74 Å². The SMILES string of the molecule is CCCNCC(OCC1CCCCC1)c1ccc(C)cc1. The van der Waals surface area contributed by atoms with Crippen LogP contribution >= 0.6 is 0 Å². The highest BCUT2D eigenvalue weighted by Crippen LogP contribution is 2.26. The molecule has 2 rings (SSSR count). The third-order valence-electron chi connectivity index (χ3n) is 4.46. The van der Waals surface area contributed by atoms with Gasteiger partial charge in [0.25, 0.3) is 0 Å². The minimum Gasteiger partial charge on any atom is -0.372 e. The van der Waals surface area contributed by atoms with Gasteiger partial charge in [-0.15, -0.1) is 0 Å². The molecule has 0 aliphatic heterocycles. The highest BCUT2D eigenvalue weighted by Gasteiger charge is 2.17. The second-order valence-corrected chi connectivity index (χ2v) is 6.44. The number of nitrogens with one attached hydrogen (secondary N) is 1. The Morgan fingerprint density at radius 1 is 1.14 bits per heavy atom. The zero-order valence-electron chi connectivity index (χ0n) is 13.7. The van der Waals surface area contributed by atoms with Crippen LogP contribution in [0.2, 0.25) is 0 Å². The van der Waals surface area contributed by atoms with Crippen molar-refractivity contribution in [3.05, 3.63) is 35.4 Å². The summed E-state index contributed by atoms with van der Waals surface area (Å²) in [5.41, 5.74) is 2.62. The summed E-state index contributed by atoms with van der Waals surface area (Å²) in [4.78, 5) is 0. The maximum Gasteiger partial charge on any atom is 0.0949 e. The molecule has 1 aromatic carbocycles. The summed E-state index contributed by atoms with van der Waals surface area (Å²) in [7, 11) is 0. The molecule has 2 heteroatoms. The van der Waals surface area contributed by atoms with Gasteiger partial charge in [0.1, 0.15) is 0 Å². The molecular weight excluding hydrogens is 258 g/mol. The van der Waals surface area contributed by atoms with Crippen molar-refractivity contribution in [2.45, 2.75) is 58.5 Å². The Labute approximate surface area is 130 Å². The zero-order chi connectivity index (χ0) is 14.9. The molecule has 118 valence electrons. The third-order valence-corrected chi connectivity index (χ3v) is 4.46. The van der Waals surface area contributed by atoms with Crippen LogP contribution in [0.1, 0.15) is 62.7 Å². The Bertz CT molecular complexity index is 381.